The van der Waals surface area contributed by atoms with Gasteiger partial charge in [0.1, 0.15) is 17.5 Å². The second-order valence-electron chi connectivity index (χ2n) is 3.41. The molecule has 0 atom stereocenters. The predicted octanol–water partition coefficient (Wildman–Crippen LogP) is 2.51. The summed E-state index contributed by atoms with van der Waals surface area (Å²) in [5.41, 5.74) is -0.151. The Kier molecular flexibility index (Phi) is 5.56. The third-order valence-corrected chi connectivity index (χ3v) is 1.88. The molecule has 0 radical (unpaired) electrons. The molecule has 0 saturated heterocycles. The van der Waals surface area contributed by atoms with Gasteiger partial charge in [0.2, 0.25) is 5.91 Å². The number of hydrogen-bond acceptors (Lipinski definition) is 1. The third kappa shape index (κ3) is 4.82. The van der Waals surface area contributed by atoms with Gasteiger partial charge < -0.3 is 4.90 Å². The summed E-state index contributed by atoms with van der Waals surface area (Å²) in [6, 6.07) is 1.30. The smallest absolute Gasteiger partial charge is 0.218 e. The second-order valence-corrected chi connectivity index (χ2v) is 3.41. The first kappa shape index (κ1) is 14.5. The highest BCUT2D eigenvalue weighted by molar-refractivity contribution is 5.72. The van der Waals surface area contributed by atoms with Gasteiger partial charge in [-0.3, -0.25) is 4.79 Å². The standard InChI is InChI=1S/C7H5F3.C4H9NO/c1-4-6(9)2-5(8)3-7(4)10;1-4(6)5(2)3/h2-3H,1H3;1-3H3. The number of hydrogen-bond donors (Lipinski definition) is 0. The molecule has 0 heterocycles. The molecule has 1 rings (SSSR count). The lowest BCUT2D eigenvalue weighted by atomic mass is 10.2. The first-order chi connectivity index (χ1) is 7.25. The van der Waals surface area contributed by atoms with Crippen molar-refractivity contribution in [3.05, 3.63) is 35.1 Å². The molecule has 0 aliphatic heterocycles. The maximum Gasteiger partial charge on any atom is 0.218 e. The zero-order valence-electron chi connectivity index (χ0n) is 9.64. The topological polar surface area (TPSA) is 20.3 Å². The molecule has 0 unspecified atom stereocenters. The molecule has 1 aromatic carbocycles. The molecule has 0 fully saturated rings. The van der Waals surface area contributed by atoms with E-state index >= 15 is 0 Å². The Bertz CT molecular complexity index is 354. The normalized spacial score (nSPS) is 9.19. The van der Waals surface area contributed by atoms with E-state index in [2.05, 4.69) is 0 Å². The van der Waals surface area contributed by atoms with E-state index < -0.39 is 17.5 Å². The van der Waals surface area contributed by atoms with Gasteiger partial charge in [-0.15, -0.1) is 0 Å². The minimum atomic E-state index is -0.888. The van der Waals surface area contributed by atoms with Crippen LogP contribution in [0.15, 0.2) is 12.1 Å². The second kappa shape index (κ2) is 6.15. The molecule has 0 aliphatic rings. The fraction of sp³-hybridized carbons (Fsp3) is 0.364. The SMILES string of the molecule is CC(=O)N(C)C.Cc1c(F)cc(F)cc1F. The lowest BCUT2D eigenvalue weighted by Gasteiger charge is -2.02. The Morgan fingerprint density at radius 1 is 1.12 bits per heavy atom. The summed E-state index contributed by atoms with van der Waals surface area (Å²) in [4.78, 5) is 11.6. The Balaban J connectivity index is 0.000000325. The molecule has 2 nitrogen and oxygen atoms in total. The molecule has 90 valence electrons. The minimum Gasteiger partial charge on any atom is -0.349 e. The molecule has 5 heteroatoms. The quantitative estimate of drug-likeness (QED) is 0.674. The summed E-state index contributed by atoms with van der Waals surface area (Å²) in [5.74, 6) is -2.49. The van der Waals surface area contributed by atoms with Crippen molar-refractivity contribution in [2.75, 3.05) is 14.1 Å². The van der Waals surface area contributed by atoms with Crippen molar-refractivity contribution in [2.24, 2.45) is 0 Å². The van der Waals surface area contributed by atoms with Crippen molar-refractivity contribution >= 4 is 5.91 Å². The fourth-order valence-electron chi connectivity index (χ4n) is 0.614. The number of carbonyl (C=O) groups excluding carboxylic acids is 1. The van der Waals surface area contributed by atoms with Crippen LogP contribution in [0.3, 0.4) is 0 Å². The molecule has 16 heavy (non-hydrogen) atoms. The summed E-state index contributed by atoms with van der Waals surface area (Å²) in [7, 11) is 3.45. The Hall–Kier alpha value is -1.52. The molecule has 0 bridgehead atoms. The molecule has 0 aromatic heterocycles. The maximum atomic E-state index is 12.4. The van der Waals surface area contributed by atoms with Crippen LogP contribution in [0.2, 0.25) is 0 Å². The lowest BCUT2D eigenvalue weighted by Crippen LogP contribution is -2.17. The van der Waals surface area contributed by atoms with Crippen LogP contribution in [0.5, 0.6) is 0 Å². The van der Waals surface area contributed by atoms with Gasteiger partial charge in [0, 0.05) is 38.7 Å². The molecule has 0 saturated carbocycles. The van der Waals surface area contributed by atoms with Crippen LogP contribution in [0.4, 0.5) is 13.2 Å². The first-order valence-corrected chi connectivity index (χ1v) is 4.54. The highest BCUT2D eigenvalue weighted by atomic mass is 19.1. The fourth-order valence-corrected chi connectivity index (χ4v) is 0.614. The van der Waals surface area contributed by atoms with Gasteiger partial charge in [0.05, 0.1) is 0 Å². The Morgan fingerprint density at radius 2 is 1.44 bits per heavy atom. The van der Waals surface area contributed by atoms with E-state index in [0.717, 1.165) is 0 Å². The van der Waals surface area contributed by atoms with Gasteiger partial charge in [-0.1, -0.05) is 0 Å². The number of carbonyl (C=O) groups is 1. The van der Waals surface area contributed by atoms with E-state index in [1.807, 2.05) is 0 Å². The summed E-state index contributed by atoms with van der Waals surface area (Å²) >= 11 is 0. The average Bonchev–Trinajstić information content (AvgIpc) is 2.14. The number of amides is 1. The van der Waals surface area contributed by atoms with Crippen molar-refractivity contribution in [1.29, 1.82) is 0 Å². The lowest BCUT2D eigenvalue weighted by molar-refractivity contribution is -0.126. The van der Waals surface area contributed by atoms with Gasteiger partial charge in [-0.2, -0.15) is 0 Å². The van der Waals surface area contributed by atoms with E-state index in [0.29, 0.717) is 12.1 Å². The number of benzene rings is 1. The highest BCUT2D eigenvalue weighted by Gasteiger charge is 2.05. The first-order valence-electron chi connectivity index (χ1n) is 4.54. The van der Waals surface area contributed by atoms with Gasteiger partial charge in [-0.25, -0.2) is 13.2 Å². The zero-order valence-corrected chi connectivity index (χ0v) is 9.64. The van der Waals surface area contributed by atoms with Crippen LogP contribution < -0.4 is 0 Å². The van der Waals surface area contributed by atoms with Gasteiger partial charge in [-0.05, 0) is 6.92 Å². The summed E-state index contributed by atoms with van der Waals surface area (Å²) < 4.78 is 36.8. The number of rotatable bonds is 0. The minimum absolute atomic E-state index is 0.0926. The monoisotopic (exact) mass is 233 g/mol. The predicted molar refractivity (Wildman–Crippen MR) is 55.4 cm³/mol. The van der Waals surface area contributed by atoms with Gasteiger partial charge in [0.15, 0.2) is 0 Å². The van der Waals surface area contributed by atoms with E-state index in [1.165, 1.54) is 18.7 Å². The summed E-state index contributed by atoms with van der Waals surface area (Å²) in [5, 5.41) is 0. The van der Waals surface area contributed by atoms with Crippen molar-refractivity contribution in [2.45, 2.75) is 13.8 Å². The Labute approximate surface area is 92.7 Å². The van der Waals surface area contributed by atoms with Gasteiger partial charge in [0.25, 0.3) is 0 Å². The third-order valence-electron chi connectivity index (χ3n) is 1.88. The van der Waals surface area contributed by atoms with Crippen molar-refractivity contribution in [3.8, 4) is 0 Å². The molecule has 0 N–H and O–H groups in total. The van der Waals surface area contributed by atoms with Crippen molar-refractivity contribution in [3.63, 3.8) is 0 Å². The molecule has 1 amide bonds. The van der Waals surface area contributed by atoms with E-state index in [1.54, 1.807) is 14.1 Å². The summed E-state index contributed by atoms with van der Waals surface area (Å²) in [6.45, 7) is 2.78. The number of nitrogens with zero attached hydrogens (tertiary/aromatic N) is 1. The van der Waals surface area contributed by atoms with Gasteiger partial charge >= 0.3 is 0 Å². The molecule has 0 spiro atoms. The van der Waals surface area contributed by atoms with Crippen molar-refractivity contribution in [1.82, 2.24) is 4.90 Å². The molecule has 0 aliphatic carbocycles. The van der Waals surface area contributed by atoms with Crippen LogP contribution >= 0.6 is 0 Å². The van der Waals surface area contributed by atoms with E-state index in [-0.39, 0.29) is 11.5 Å². The molecular formula is C11H14F3NO. The van der Waals surface area contributed by atoms with E-state index in [9.17, 15) is 18.0 Å². The van der Waals surface area contributed by atoms with Crippen LogP contribution in [0.25, 0.3) is 0 Å². The molecule has 1 aromatic rings. The van der Waals surface area contributed by atoms with Crippen LogP contribution in [-0.4, -0.2) is 24.9 Å². The highest BCUT2D eigenvalue weighted by Crippen LogP contribution is 2.12. The molecular weight excluding hydrogens is 219 g/mol. The largest absolute Gasteiger partial charge is 0.349 e. The Morgan fingerprint density at radius 3 is 1.69 bits per heavy atom. The van der Waals surface area contributed by atoms with E-state index in [4.69, 9.17) is 0 Å². The van der Waals surface area contributed by atoms with Crippen LogP contribution in [0, 0.1) is 24.4 Å². The summed E-state index contributed by atoms with van der Waals surface area (Å²) in [6.07, 6.45) is 0. The zero-order chi connectivity index (χ0) is 12.9. The number of halogens is 3. The van der Waals surface area contributed by atoms with Crippen LogP contribution in [0.1, 0.15) is 12.5 Å². The maximum absolute atomic E-state index is 12.4. The van der Waals surface area contributed by atoms with Crippen molar-refractivity contribution < 1.29 is 18.0 Å². The van der Waals surface area contributed by atoms with Crippen LogP contribution in [-0.2, 0) is 4.79 Å². The average molecular weight is 233 g/mol.